The number of primary sulfonamides is 1. The molecule has 0 radical (unpaired) electrons. The lowest BCUT2D eigenvalue weighted by Gasteiger charge is -2.03. The largest absolute Gasteiger partial charge is 0.332 e. The van der Waals surface area contributed by atoms with Gasteiger partial charge in [-0.1, -0.05) is 6.07 Å². The van der Waals surface area contributed by atoms with Crippen LogP contribution in [0.1, 0.15) is 0 Å². The Morgan fingerprint density at radius 3 is 2.45 bits per heavy atom. The Balaban J connectivity index is 1.78. The zero-order chi connectivity index (χ0) is 15.6. The second kappa shape index (κ2) is 5.84. The summed E-state index contributed by atoms with van der Waals surface area (Å²) in [6.07, 6.45) is 1.72. The normalized spacial score (nSPS) is 11.3. The van der Waals surface area contributed by atoms with Crippen molar-refractivity contribution in [3.8, 4) is 11.4 Å². The van der Waals surface area contributed by atoms with E-state index in [1.807, 2.05) is 23.6 Å². The van der Waals surface area contributed by atoms with Crippen molar-refractivity contribution in [3.05, 3.63) is 54.0 Å². The van der Waals surface area contributed by atoms with Gasteiger partial charge in [-0.3, -0.25) is 4.98 Å². The Labute approximate surface area is 131 Å². The minimum absolute atomic E-state index is 0.0753. The smallest absolute Gasteiger partial charge is 0.238 e. The molecule has 0 amide bonds. The van der Waals surface area contributed by atoms with Gasteiger partial charge in [0.05, 0.1) is 10.6 Å². The molecule has 112 valence electrons. The highest BCUT2D eigenvalue weighted by atomic mass is 32.2. The average Bonchev–Trinajstić information content (AvgIpc) is 2.96. The van der Waals surface area contributed by atoms with E-state index in [0.717, 1.165) is 17.1 Å². The number of sulfonamides is 1. The molecule has 0 spiro atoms. The van der Waals surface area contributed by atoms with E-state index in [4.69, 9.17) is 5.14 Å². The molecule has 3 aromatic rings. The van der Waals surface area contributed by atoms with Gasteiger partial charge in [-0.2, -0.15) is 0 Å². The van der Waals surface area contributed by atoms with Crippen molar-refractivity contribution < 1.29 is 8.42 Å². The van der Waals surface area contributed by atoms with E-state index in [1.165, 1.54) is 23.5 Å². The van der Waals surface area contributed by atoms with Gasteiger partial charge in [-0.05, 0) is 36.4 Å². The first-order valence-corrected chi connectivity index (χ1v) is 8.72. The Kier molecular flexibility index (Phi) is 3.88. The minimum Gasteiger partial charge on any atom is -0.332 e. The number of nitrogens with two attached hydrogens (primary N) is 1. The Morgan fingerprint density at radius 1 is 1.05 bits per heavy atom. The van der Waals surface area contributed by atoms with Crippen LogP contribution in [0.15, 0.2) is 58.9 Å². The maximum Gasteiger partial charge on any atom is 0.238 e. The summed E-state index contributed by atoms with van der Waals surface area (Å²) in [6.45, 7) is 0. The van der Waals surface area contributed by atoms with Crippen LogP contribution in [0.4, 0.5) is 10.8 Å². The molecule has 0 saturated heterocycles. The average molecular weight is 332 g/mol. The standard InChI is InChI=1S/C14H12N4O2S2/c15-22(19,20)11-6-4-10(5-7-11)17-14-18-13(9-21-14)12-3-1-2-8-16-12/h1-9H,(H,17,18)(H2,15,19,20). The summed E-state index contributed by atoms with van der Waals surface area (Å²) in [7, 11) is -3.67. The van der Waals surface area contributed by atoms with Crippen molar-refractivity contribution >= 4 is 32.2 Å². The molecule has 0 aliphatic heterocycles. The maximum absolute atomic E-state index is 11.2. The van der Waals surface area contributed by atoms with Crippen LogP contribution in [0.3, 0.4) is 0 Å². The van der Waals surface area contributed by atoms with Gasteiger partial charge in [0.15, 0.2) is 5.13 Å². The molecular formula is C14H12N4O2S2. The molecule has 2 aromatic heterocycles. The molecule has 6 nitrogen and oxygen atoms in total. The number of rotatable bonds is 4. The highest BCUT2D eigenvalue weighted by Gasteiger charge is 2.08. The molecule has 0 fully saturated rings. The van der Waals surface area contributed by atoms with Crippen LogP contribution in [-0.2, 0) is 10.0 Å². The quantitative estimate of drug-likeness (QED) is 0.765. The predicted molar refractivity (Wildman–Crippen MR) is 86.4 cm³/mol. The molecular weight excluding hydrogens is 320 g/mol. The van der Waals surface area contributed by atoms with Crippen molar-refractivity contribution in [1.29, 1.82) is 0 Å². The number of thiazole rings is 1. The molecule has 3 N–H and O–H groups in total. The summed E-state index contributed by atoms with van der Waals surface area (Å²) in [6, 6.07) is 11.8. The summed E-state index contributed by atoms with van der Waals surface area (Å²) in [5.41, 5.74) is 2.32. The third kappa shape index (κ3) is 3.30. The van der Waals surface area contributed by atoms with Gasteiger partial charge in [0.1, 0.15) is 5.69 Å². The molecule has 0 atom stereocenters. The molecule has 0 unspecified atom stereocenters. The first-order valence-electron chi connectivity index (χ1n) is 6.29. The van der Waals surface area contributed by atoms with E-state index in [-0.39, 0.29) is 4.90 Å². The summed E-state index contributed by atoms with van der Waals surface area (Å²) < 4.78 is 22.4. The predicted octanol–water partition coefficient (Wildman–Crippen LogP) is 2.60. The lowest BCUT2D eigenvalue weighted by atomic mass is 10.3. The van der Waals surface area contributed by atoms with Crippen LogP contribution in [0.5, 0.6) is 0 Å². The van der Waals surface area contributed by atoms with E-state index in [0.29, 0.717) is 5.13 Å². The zero-order valence-electron chi connectivity index (χ0n) is 11.3. The van der Waals surface area contributed by atoms with E-state index in [2.05, 4.69) is 15.3 Å². The number of nitrogens with one attached hydrogen (secondary N) is 1. The highest BCUT2D eigenvalue weighted by Crippen LogP contribution is 2.26. The van der Waals surface area contributed by atoms with Gasteiger partial charge in [0.25, 0.3) is 0 Å². The third-order valence-corrected chi connectivity index (χ3v) is 4.55. The van der Waals surface area contributed by atoms with Crippen molar-refractivity contribution in [2.75, 3.05) is 5.32 Å². The van der Waals surface area contributed by atoms with Crippen molar-refractivity contribution in [3.63, 3.8) is 0 Å². The number of nitrogens with zero attached hydrogens (tertiary/aromatic N) is 2. The topological polar surface area (TPSA) is 98.0 Å². The SMILES string of the molecule is NS(=O)(=O)c1ccc(Nc2nc(-c3ccccn3)cs2)cc1. The Morgan fingerprint density at radius 2 is 1.82 bits per heavy atom. The molecule has 1 aromatic carbocycles. The maximum atomic E-state index is 11.2. The van der Waals surface area contributed by atoms with Gasteiger partial charge in [0.2, 0.25) is 10.0 Å². The van der Waals surface area contributed by atoms with Gasteiger partial charge < -0.3 is 5.32 Å². The van der Waals surface area contributed by atoms with Crippen LogP contribution in [-0.4, -0.2) is 18.4 Å². The summed E-state index contributed by atoms with van der Waals surface area (Å²) in [5.74, 6) is 0. The monoisotopic (exact) mass is 332 g/mol. The first kappa shape index (κ1) is 14.6. The van der Waals surface area contributed by atoms with Gasteiger partial charge >= 0.3 is 0 Å². The van der Waals surface area contributed by atoms with Gasteiger partial charge in [-0.15, -0.1) is 11.3 Å². The van der Waals surface area contributed by atoms with Crippen molar-refractivity contribution in [1.82, 2.24) is 9.97 Å². The van der Waals surface area contributed by atoms with Crippen LogP contribution in [0.25, 0.3) is 11.4 Å². The van der Waals surface area contributed by atoms with Crippen LogP contribution in [0.2, 0.25) is 0 Å². The number of benzene rings is 1. The van der Waals surface area contributed by atoms with E-state index >= 15 is 0 Å². The molecule has 2 heterocycles. The second-order valence-corrected chi connectivity index (χ2v) is 6.87. The number of aromatic nitrogens is 2. The van der Waals surface area contributed by atoms with Crippen molar-refractivity contribution in [2.45, 2.75) is 4.90 Å². The first-order chi connectivity index (χ1) is 10.5. The summed E-state index contributed by atoms with van der Waals surface area (Å²) >= 11 is 1.44. The van der Waals surface area contributed by atoms with Crippen LogP contribution < -0.4 is 10.5 Å². The zero-order valence-corrected chi connectivity index (χ0v) is 12.9. The lowest BCUT2D eigenvalue weighted by Crippen LogP contribution is -2.11. The molecule has 8 heteroatoms. The van der Waals surface area contributed by atoms with E-state index in [1.54, 1.807) is 18.3 Å². The number of hydrogen-bond acceptors (Lipinski definition) is 6. The molecule has 22 heavy (non-hydrogen) atoms. The van der Waals surface area contributed by atoms with Gasteiger partial charge in [0, 0.05) is 17.3 Å². The number of pyridine rings is 1. The summed E-state index contributed by atoms with van der Waals surface area (Å²) in [4.78, 5) is 8.77. The fraction of sp³-hybridized carbons (Fsp3) is 0. The lowest BCUT2D eigenvalue weighted by molar-refractivity contribution is 0.598. The van der Waals surface area contributed by atoms with Crippen molar-refractivity contribution in [2.24, 2.45) is 5.14 Å². The molecule has 3 rings (SSSR count). The molecule has 0 aliphatic carbocycles. The fourth-order valence-electron chi connectivity index (χ4n) is 1.81. The van der Waals surface area contributed by atoms with Crippen LogP contribution in [0, 0.1) is 0 Å². The fourth-order valence-corrected chi connectivity index (χ4v) is 3.05. The van der Waals surface area contributed by atoms with E-state index < -0.39 is 10.0 Å². The minimum atomic E-state index is -3.67. The Bertz CT molecular complexity index is 875. The van der Waals surface area contributed by atoms with Gasteiger partial charge in [-0.25, -0.2) is 18.5 Å². The Hall–Kier alpha value is -2.29. The number of hydrogen-bond donors (Lipinski definition) is 2. The second-order valence-electron chi connectivity index (χ2n) is 4.45. The highest BCUT2D eigenvalue weighted by molar-refractivity contribution is 7.89. The third-order valence-electron chi connectivity index (χ3n) is 2.87. The van der Waals surface area contributed by atoms with E-state index in [9.17, 15) is 8.42 Å². The molecule has 0 aliphatic rings. The van der Waals surface area contributed by atoms with Crippen LogP contribution >= 0.6 is 11.3 Å². The molecule has 0 saturated carbocycles. The summed E-state index contributed by atoms with van der Waals surface area (Å²) in [5, 5.41) is 10.8. The number of anilines is 2. The molecule has 0 bridgehead atoms.